The highest BCUT2D eigenvalue weighted by molar-refractivity contribution is 6.31. The van der Waals surface area contributed by atoms with Gasteiger partial charge >= 0.3 is 6.09 Å². The smallest absolute Gasteiger partial charge is 0.411 e. The van der Waals surface area contributed by atoms with Gasteiger partial charge in [0, 0.05) is 41.1 Å². The molecule has 3 rings (SSSR count). The lowest BCUT2D eigenvalue weighted by Crippen LogP contribution is -2.17. The minimum atomic E-state index is -0.558. The monoisotopic (exact) mass is 372 g/mol. The Morgan fingerprint density at radius 2 is 2.15 bits per heavy atom. The van der Waals surface area contributed by atoms with E-state index in [4.69, 9.17) is 11.6 Å². The van der Waals surface area contributed by atoms with Gasteiger partial charge < -0.3 is 10.1 Å². The Morgan fingerprint density at radius 1 is 1.31 bits per heavy atom. The second-order valence-electron chi connectivity index (χ2n) is 5.51. The molecular formula is C18H17ClN4O3. The molecule has 0 spiro atoms. The van der Waals surface area contributed by atoms with Crippen molar-refractivity contribution in [1.29, 1.82) is 0 Å². The van der Waals surface area contributed by atoms with Gasteiger partial charge in [0.2, 0.25) is 0 Å². The average Bonchev–Trinajstić information content (AvgIpc) is 3.07. The second kappa shape index (κ2) is 7.99. The SMILES string of the molecule is COC(=O)Nc1cccc(Cl)c1CNCc1cccn2c(C=O)cnc12. The van der Waals surface area contributed by atoms with Gasteiger partial charge in [0.25, 0.3) is 0 Å². The van der Waals surface area contributed by atoms with Crippen LogP contribution < -0.4 is 10.6 Å². The minimum Gasteiger partial charge on any atom is -0.453 e. The predicted octanol–water partition coefficient (Wildman–Crippen LogP) is 3.27. The summed E-state index contributed by atoms with van der Waals surface area (Å²) in [4.78, 5) is 26.8. The van der Waals surface area contributed by atoms with Crippen molar-refractivity contribution in [2.24, 2.45) is 0 Å². The Hall–Kier alpha value is -2.90. The highest BCUT2D eigenvalue weighted by atomic mass is 35.5. The number of nitrogens with zero attached hydrogens (tertiary/aromatic N) is 2. The Balaban J connectivity index is 1.75. The zero-order valence-electron chi connectivity index (χ0n) is 14.0. The Kier molecular flexibility index (Phi) is 5.50. The molecule has 2 aromatic heterocycles. The van der Waals surface area contributed by atoms with Crippen LogP contribution in [-0.4, -0.2) is 28.9 Å². The van der Waals surface area contributed by atoms with Crippen molar-refractivity contribution in [3.8, 4) is 0 Å². The molecule has 8 heteroatoms. The fourth-order valence-corrected chi connectivity index (χ4v) is 2.89. The van der Waals surface area contributed by atoms with Gasteiger partial charge in [-0.05, 0) is 18.2 Å². The first-order chi connectivity index (χ1) is 12.6. The van der Waals surface area contributed by atoms with Gasteiger partial charge in [0.1, 0.15) is 11.3 Å². The van der Waals surface area contributed by atoms with Crippen LogP contribution in [0.3, 0.4) is 0 Å². The van der Waals surface area contributed by atoms with E-state index in [2.05, 4.69) is 20.4 Å². The minimum absolute atomic E-state index is 0.432. The number of halogens is 1. The molecule has 0 atom stereocenters. The van der Waals surface area contributed by atoms with E-state index in [0.29, 0.717) is 35.1 Å². The maximum Gasteiger partial charge on any atom is 0.411 e. The molecule has 0 radical (unpaired) electrons. The Labute approximate surface area is 154 Å². The first-order valence-corrected chi connectivity index (χ1v) is 8.25. The number of amides is 1. The third-order valence-corrected chi connectivity index (χ3v) is 4.28. The number of hydrogen-bond acceptors (Lipinski definition) is 5. The number of fused-ring (bicyclic) bond motifs is 1. The first-order valence-electron chi connectivity index (χ1n) is 7.87. The summed E-state index contributed by atoms with van der Waals surface area (Å²) in [6, 6.07) is 9.06. The van der Waals surface area contributed by atoms with E-state index in [9.17, 15) is 9.59 Å². The quantitative estimate of drug-likeness (QED) is 0.649. The number of aromatic nitrogens is 2. The van der Waals surface area contributed by atoms with E-state index in [1.54, 1.807) is 28.8 Å². The van der Waals surface area contributed by atoms with Crippen molar-refractivity contribution in [2.75, 3.05) is 12.4 Å². The molecule has 3 aromatic rings. The lowest BCUT2D eigenvalue weighted by Gasteiger charge is -2.13. The normalized spacial score (nSPS) is 10.7. The van der Waals surface area contributed by atoms with Crippen LogP contribution in [0.2, 0.25) is 5.02 Å². The number of ether oxygens (including phenoxy) is 1. The summed E-state index contributed by atoms with van der Waals surface area (Å²) in [5.41, 5.74) is 3.49. The highest BCUT2D eigenvalue weighted by Crippen LogP contribution is 2.24. The van der Waals surface area contributed by atoms with Crippen molar-refractivity contribution in [2.45, 2.75) is 13.1 Å². The van der Waals surface area contributed by atoms with Crippen LogP contribution in [0.4, 0.5) is 10.5 Å². The number of carbonyl (C=O) groups is 2. The van der Waals surface area contributed by atoms with Gasteiger partial charge in [-0.3, -0.25) is 14.5 Å². The number of benzene rings is 1. The summed E-state index contributed by atoms with van der Waals surface area (Å²) in [6.07, 6.45) is 3.54. The molecule has 0 aliphatic carbocycles. The number of aldehydes is 1. The van der Waals surface area contributed by atoms with E-state index in [-0.39, 0.29) is 0 Å². The second-order valence-corrected chi connectivity index (χ2v) is 5.92. The van der Waals surface area contributed by atoms with Gasteiger partial charge in [0.05, 0.1) is 13.3 Å². The van der Waals surface area contributed by atoms with Gasteiger partial charge in [-0.15, -0.1) is 0 Å². The van der Waals surface area contributed by atoms with Gasteiger partial charge in [0.15, 0.2) is 6.29 Å². The first kappa shape index (κ1) is 17.9. The van der Waals surface area contributed by atoms with Crippen LogP contribution in [0.15, 0.2) is 42.7 Å². The van der Waals surface area contributed by atoms with Crippen molar-refractivity contribution < 1.29 is 14.3 Å². The lowest BCUT2D eigenvalue weighted by atomic mass is 10.1. The Morgan fingerprint density at radius 3 is 2.92 bits per heavy atom. The maximum absolute atomic E-state index is 11.5. The van der Waals surface area contributed by atoms with E-state index in [0.717, 1.165) is 17.4 Å². The summed E-state index contributed by atoms with van der Waals surface area (Å²) in [7, 11) is 1.30. The molecule has 26 heavy (non-hydrogen) atoms. The molecule has 0 bridgehead atoms. The molecule has 0 aliphatic heterocycles. The standard InChI is InChI=1S/C18H17ClN4O3/c1-26-18(25)22-16-6-2-5-15(19)14(16)10-20-8-12-4-3-7-23-13(11-24)9-21-17(12)23/h2-7,9,11,20H,8,10H2,1H3,(H,22,25). The molecule has 1 aromatic carbocycles. The zero-order chi connectivity index (χ0) is 18.5. The molecule has 0 saturated heterocycles. The molecule has 0 unspecified atom stereocenters. The zero-order valence-corrected chi connectivity index (χ0v) is 14.8. The van der Waals surface area contributed by atoms with E-state index in [1.807, 2.05) is 12.1 Å². The molecule has 134 valence electrons. The fourth-order valence-electron chi connectivity index (χ4n) is 2.65. The average molecular weight is 373 g/mol. The van der Waals surface area contributed by atoms with Crippen molar-refractivity contribution in [1.82, 2.24) is 14.7 Å². The Bertz CT molecular complexity index is 955. The lowest BCUT2D eigenvalue weighted by molar-refractivity contribution is 0.111. The van der Waals surface area contributed by atoms with Gasteiger partial charge in [-0.25, -0.2) is 9.78 Å². The van der Waals surface area contributed by atoms with Crippen LogP contribution in [-0.2, 0) is 17.8 Å². The summed E-state index contributed by atoms with van der Waals surface area (Å²) in [6.45, 7) is 0.948. The van der Waals surface area contributed by atoms with Gasteiger partial charge in [-0.1, -0.05) is 23.7 Å². The van der Waals surface area contributed by atoms with E-state index >= 15 is 0 Å². The van der Waals surface area contributed by atoms with E-state index in [1.165, 1.54) is 13.3 Å². The number of hydrogen-bond donors (Lipinski definition) is 2. The van der Waals surface area contributed by atoms with Crippen LogP contribution in [0.1, 0.15) is 21.6 Å². The maximum atomic E-state index is 11.5. The van der Waals surface area contributed by atoms with Crippen LogP contribution >= 0.6 is 11.6 Å². The van der Waals surface area contributed by atoms with Crippen molar-refractivity contribution >= 4 is 35.3 Å². The van der Waals surface area contributed by atoms with E-state index < -0.39 is 6.09 Å². The molecule has 2 heterocycles. The molecule has 2 N–H and O–H groups in total. The molecule has 0 fully saturated rings. The summed E-state index contributed by atoms with van der Waals surface area (Å²) >= 11 is 6.27. The number of imidazole rings is 1. The summed E-state index contributed by atoms with van der Waals surface area (Å²) in [5, 5.41) is 6.48. The third kappa shape index (κ3) is 3.68. The molecule has 7 nitrogen and oxygen atoms in total. The van der Waals surface area contributed by atoms with Crippen LogP contribution in [0.5, 0.6) is 0 Å². The van der Waals surface area contributed by atoms with Crippen molar-refractivity contribution in [3.63, 3.8) is 0 Å². The molecule has 0 aliphatic rings. The highest BCUT2D eigenvalue weighted by Gasteiger charge is 2.11. The summed E-state index contributed by atoms with van der Waals surface area (Å²) < 4.78 is 6.37. The number of rotatable bonds is 6. The number of methoxy groups -OCH3 is 1. The predicted molar refractivity (Wildman–Crippen MR) is 98.6 cm³/mol. The number of carbonyl (C=O) groups excluding carboxylic acids is 2. The van der Waals surface area contributed by atoms with Crippen LogP contribution in [0, 0.1) is 0 Å². The fraction of sp³-hybridized carbons (Fsp3) is 0.167. The summed E-state index contributed by atoms with van der Waals surface area (Å²) in [5.74, 6) is 0. The number of anilines is 1. The topological polar surface area (TPSA) is 84.7 Å². The van der Waals surface area contributed by atoms with Crippen molar-refractivity contribution in [3.05, 3.63) is 64.6 Å². The van der Waals surface area contributed by atoms with Gasteiger partial charge in [-0.2, -0.15) is 0 Å². The molecular weight excluding hydrogens is 356 g/mol. The number of pyridine rings is 1. The third-order valence-electron chi connectivity index (χ3n) is 3.92. The molecule has 0 saturated carbocycles. The molecule has 1 amide bonds. The number of nitrogens with one attached hydrogen (secondary N) is 2. The largest absolute Gasteiger partial charge is 0.453 e. The van der Waals surface area contributed by atoms with Crippen LogP contribution in [0.25, 0.3) is 5.65 Å².